The summed E-state index contributed by atoms with van der Waals surface area (Å²) in [7, 11) is 0. The number of carboxylic acid groups (broad SMARTS) is 1. The van der Waals surface area contributed by atoms with Crippen molar-refractivity contribution in [3.8, 4) is 6.07 Å². The van der Waals surface area contributed by atoms with Crippen LogP contribution in [-0.4, -0.2) is 11.1 Å². The fourth-order valence-corrected chi connectivity index (χ4v) is 4.95. The summed E-state index contributed by atoms with van der Waals surface area (Å²) >= 11 is 0. The number of benzene rings is 6. The number of hydrogen-bond donors (Lipinski definition) is 1. The van der Waals surface area contributed by atoms with Gasteiger partial charge < -0.3 is 10.0 Å². The highest BCUT2D eigenvalue weighted by atomic mass is 16.4. The van der Waals surface area contributed by atoms with Gasteiger partial charge in [-0.3, -0.25) is 0 Å². The van der Waals surface area contributed by atoms with Gasteiger partial charge in [-0.15, -0.1) is 0 Å². The minimum atomic E-state index is -1.24. The Balaban J connectivity index is 1.57. The fraction of sp³-hybridized carbons (Fsp3) is 0. The van der Waals surface area contributed by atoms with E-state index in [4.69, 9.17) is 5.26 Å². The average Bonchev–Trinajstić information content (AvgIpc) is 2.92. The van der Waals surface area contributed by atoms with Crippen molar-refractivity contribution >= 4 is 61.4 Å². The maximum Gasteiger partial charge on any atom is 0.346 e. The van der Waals surface area contributed by atoms with Crippen molar-refractivity contribution in [2.75, 3.05) is 4.90 Å². The van der Waals surface area contributed by atoms with Gasteiger partial charge in [0.25, 0.3) is 0 Å². The lowest BCUT2D eigenvalue weighted by Crippen LogP contribution is -2.10. The van der Waals surface area contributed by atoms with Crippen molar-refractivity contribution in [2.45, 2.75) is 0 Å². The van der Waals surface area contributed by atoms with Gasteiger partial charge in [-0.25, -0.2) is 4.79 Å². The van der Waals surface area contributed by atoms with Gasteiger partial charge in [-0.1, -0.05) is 78.9 Å². The van der Waals surface area contributed by atoms with E-state index < -0.39 is 5.97 Å². The lowest BCUT2D eigenvalue weighted by molar-refractivity contribution is -0.132. The summed E-state index contributed by atoms with van der Waals surface area (Å²) in [6.07, 6.45) is 1.38. The van der Waals surface area contributed by atoms with Gasteiger partial charge in [-0.2, -0.15) is 5.26 Å². The quantitative estimate of drug-likeness (QED) is 0.159. The van der Waals surface area contributed by atoms with E-state index in [1.165, 1.54) is 33.0 Å². The van der Waals surface area contributed by atoms with Crippen LogP contribution in [-0.2, 0) is 4.79 Å². The Kier molecular flexibility index (Phi) is 5.10. The van der Waals surface area contributed by atoms with E-state index >= 15 is 0 Å². The molecule has 4 heteroatoms. The molecule has 0 aliphatic rings. The van der Waals surface area contributed by atoms with Gasteiger partial charge in [-0.05, 0) is 68.9 Å². The van der Waals surface area contributed by atoms with E-state index in [2.05, 4.69) is 71.6 Å². The molecule has 0 spiro atoms. The summed E-state index contributed by atoms with van der Waals surface area (Å²) in [6, 6.07) is 38.9. The Morgan fingerprint density at radius 2 is 1.31 bits per heavy atom. The molecular weight excluding hydrogens is 444 g/mol. The lowest BCUT2D eigenvalue weighted by atomic mass is 9.93. The topological polar surface area (TPSA) is 64.3 Å². The highest BCUT2D eigenvalue weighted by molar-refractivity contribution is 6.25. The van der Waals surface area contributed by atoms with Crippen molar-refractivity contribution in [2.24, 2.45) is 0 Å². The zero-order valence-electron chi connectivity index (χ0n) is 19.2. The van der Waals surface area contributed by atoms with Crippen molar-refractivity contribution < 1.29 is 9.90 Å². The largest absolute Gasteiger partial charge is 0.477 e. The van der Waals surface area contributed by atoms with E-state index in [0.717, 1.165) is 22.4 Å². The van der Waals surface area contributed by atoms with Crippen molar-refractivity contribution in [1.82, 2.24) is 0 Å². The highest BCUT2D eigenvalue weighted by Crippen LogP contribution is 2.43. The maximum absolute atomic E-state index is 11.3. The molecule has 36 heavy (non-hydrogen) atoms. The Bertz CT molecular complexity index is 1800. The number of hydrogen-bond acceptors (Lipinski definition) is 3. The molecule has 0 saturated carbocycles. The normalized spacial score (nSPS) is 11.7. The first-order valence-electron chi connectivity index (χ1n) is 11.6. The number of carbonyl (C=O) groups is 1. The predicted octanol–water partition coefficient (Wildman–Crippen LogP) is 8.05. The molecule has 6 rings (SSSR count). The van der Waals surface area contributed by atoms with Gasteiger partial charge in [0.15, 0.2) is 0 Å². The third-order valence-electron chi connectivity index (χ3n) is 6.57. The molecule has 0 aliphatic carbocycles. The second kappa shape index (κ2) is 8.57. The molecular formula is C32H20N2O2. The number of nitriles is 1. The molecule has 0 bridgehead atoms. The van der Waals surface area contributed by atoms with Crippen LogP contribution in [0.5, 0.6) is 0 Å². The van der Waals surface area contributed by atoms with Crippen LogP contribution in [0.4, 0.5) is 17.1 Å². The predicted molar refractivity (Wildman–Crippen MR) is 146 cm³/mol. The smallest absolute Gasteiger partial charge is 0.346 e. The summed E-state index contributed by atoms with van der Waals surface area (Å²) in [5.41, 5.74) is 3.36. The molecule has 170 valence electrons. The molecule has 4 nitrogen and oxygen atoms in total. The molecule has 6 aromatic rings. The minimum absolute atomic E-state index is 0.297. The van der Waals surface area contributed by atoms with Crippen molar-refractivity contribution in [1.29, 1.82) is 5.26 Å². The number of aliphatic carboxylic acids is 1. The molecule has 0 radical (unpaired) electrons. The molecule has 0 heterocycles. The SMILES string of the molecule is N#C/C(=C\c1ccc(N(c2ccccc2)c2ccc3ccc4cccc5ccc2c3c45)cc1)C(=O)O. The molecule has 0 saturated heterocycles. The monoisotopic (exact) mass is 464 g/mol. The molecule has 6 aromatic carbocycles. The first-order chi connectivity index (χ1) is 17.6. The Hall–Kier alpha value is -5.14. The molecule has 0 atom stereocenters. The summed E-state index contributed by atoms with van der Waals surface area (Å²) in [5, 5.41) is 25.6. The van der Waals surface area contributed by atoms with Crippen LogP contribution < -0.4 is 4.90 Å². The lowest BCUT2D eigenvalue weighted by Gasteiger charge is -2.27. The first kappa shape index (κ1) is 21.4. The summed E-state index contributed by atoms with van der Waals surface area (Å²) in [4.78, 5) is 13.5. The number of rotatable bonds is 5. The number of carboxylic acids is 1. The third kappa shape index (κ3) is 3.51. The summed E-state index contributed by atoms with van der Waals surface area (Å²) < 4.78 is 0. The van der Waals surface area contributed by atoms with Gasteiger partial charge in [0.05, 0.1) is 5.69 Å². The molecule has 0 aromatic heterocycles. The van der Waals surface area contributed by atoms with Gasteiger partial charge >= 0.3 is 5.97 Å². The Morgan fingerprint density at radius 3 is 1.97 bits per heavy atom. The van der Waals surface area contributed by atoms with Gasteiger partial charge in [0, 0.05) is 16.8 Å². The zero-order chi connectivity index (χ0) is 24.6. The van der Waals surface area contributed by atoms with E-state index in [1.54, 1.807) is 6.07 Å². The third-order valence-corrected chi connectivity index (χ3v) is 6.57. The van der Waals surface area contributed by atoms with Crippen LogP contribution in [0.2, 0.25) is 0 Å². The maximum atomic E-state index is 11.3. The first-order valence-corrected chi connectivity index (χ1v) is 11.6. The van der Waals surface area contributed by atoms with Crippen LogP contribution >= 0.6 is 0 Å². The van der Waals surface area contributed by atoms with Crippen LogP contribution in [0.1, 0.15) is 5.56 Å². The minimum Gasteiger partial charge on any atom is -0.477 e. The van der Waals surface area contributed by atoms with Crippen LogP contribution in [0.15, 0.2) is 115 Å². The summed E-state index contributed by atoms with van der Waals surface area (Å²) in [5.74, 6) is -1.24. The van der Waals surface area contributed by atoms with Gasteiger partial charge in [0.1, 0.15) is 11.6 Å². The fourth-order valence-electron chi connectivity index (χ4n) is 4.95. The molecule has 0 aliphatic heterocycles. The van der Waals surface area contributed by atoms with E-state index in [1.807, 2.05) is 42.5 Å². The molecule has 0 amide bonds. The molecule has 0 unspecified atom stereocenters. The number of anilines is 3. The van der Waals surface area contributed by atoms with E-state index in [-0.39, 0.29) is 5.57 Å². The number of nitrogens with zero attached hydrogens (tertiary/aromatic N) is 2. The average molecular weight is 465 g/mol. The van der Waals surface area contributed by atoms with Crippen LogP contribution in [0.3, 0.4) is 0 Å². The van der Waals surface area contributed by atoms with Crippen LogP contribution in [0.25, 0.3) is 38.4 Å². The molecule has 0 fully saturated rings. The van der Waals surface area contributed by atoms with Crippen LogP contribution in [0, 0.1) is 11.3 Å². The van der Waals surface area contributed by atoms with E-state index in [9.17, 15) is 9.90 Å². The summed E-state index contributed by atoms with van der Waals surface area (Å²) in [6.45, 7) is 0. The second-order valence-corrected chi connectivity index (χ2v) is 8.68. The standard InChI is InChI=1S/C32H20N2O2/c33-20-25(32(35)36)19-21-9-15-27(16-10-21)34(26-7-2-1-3-8-26)29-18-14-24-12-11-22-5-4-6-23-13-17-28(29)31(24)30(22)23/h1-19H,(H,35,36)/b25-19+. The van der Waals surface area contributed by atoms with E-state index in [0.29, 0.717) is 5.56 Å². The highest BCUT2D eigenvalue weighted by Gasteiger charge is 2.18. The van der Waals surface area contributed by atoms with Gasteiger partial charge in [0.2, 0.25) is 0 Å². The second-order valence-electron chi connectivity index (χ2n) is 8.68. The molecule has 1 N–H and O–H groups in total. The van der Waals surface area contributed by atoms with Crippen molar-refractivity contribution in [3.05, 3.63) is 120 Å². The Morgan fingerprint density at radius 1 is 0.694 bits per heavy atom. The number of para-hydroxylation sites is 1. The Labute approximate surface area is 207 Å². The zero-order valence-corrected chi connectivity index (χ0v) is 19.2. The van der Waals surface area contributed by atoms with Crippen molar-refractivity contribution in [3.63, 3.8) is 0 Å².